The van der Waals surface area contributed by atoms with E-state index in [2.05, 4.69) is 5.32 Å². The van der Waals surface area contributed by atoms with Crippen molar-refractivity contribution in [2.75, 3.05) is 0 Å². The van der Waals surface area contributed by atoms with Crippen molar-refractivity contribution in [3.63, 3.8) is 0 Å². The van der Waals surface area contributed by atoms with E-state index in [0.29, 0.717) is 18.4 Å². The topological polar surface area (TPSA) is 90.2 Å². The number of carbonyl (C=O) groups is 2. The molecule has 0 unspecified atom stereocenters. The van der Waals surface area contributed by atoms with Crippen LogP contribution < -0.4 is 5.32 Å². The zero-order valence-electron chi connectivity index (χ0n) is 11.2. The molecule has 0 heterocycles. The molecule has 1 aromatic rings. The van der Waals surface area contributed by atoms with Crippen molar-refractivity contribution < 1.29 is 14.7 Å². The summed E-state index contributed by atoms with van der Waals surface area (Å²) in [6, 6.07) is 7.86. The Balaban J connectivity index is 2.62. The number of nitriles is 1. The van der Waals surface area contributed by atoms with Crippen LogP contribution in [0.2, 0.25) is 0 Å². The number of carbonyl (C=O) groups excluding carboxylic acids is 1. The Morgan fingerprint density at radius 2 is 2.05 bits per heavy atom. The molecule has 5 nitrogen and oxygen atoms in total. The van der Waals surface area contributed by atoms with Crippen LogP contribution in [-0.2, 0) is 9.59 Å². The van der Waals surface area contributed by atoms with Crippen molar-refractivity contribution >= 4 is 18.0 Å². The molecular formula is C15H16N2O3. The highest BCUT2D eigenvalue weighted by atomic mass is 16.4. The Hall–Kier alpha value is -2.61. The summed E-state index contributed by atoms with van der Waals surface area (Å²) in [5, 5.41) is 20.0. The zero-order valence-corrected chi connectivity index (χ0v) is 11.2. The minimum Gasteiger partial charge on any atom is -0.480 e. The monoisotopic (exact) mass is 272 g/mol. The fourth-order valence-corrected chi connectivity index (χ4v) is 1.61. The minimum atomic E-state index is -1.04. The molecule has 20 heavy (non-hydrogen) atoms. The van der Waals surface area contributed by atoms with E-state index < -0.39 is 17.9 Å². The van der Waals surface area contributed by atoms with E-state index in [0.717, 1.165) is 5.56 Å². The second-order valence-electron chi connectivity index (χ2n) is 4.26. The number of carboxylic acid groups (broad SMARTS) is 1. The van der Waals surface area contributed by atoms with Crippen LogP contribution in [0.15, 0.2) is 30.3 Å². The van der Waals surface area contributed by atoms with Crippen LogP contribution >= 0.6 is 0 Å². The molecule has 1 rings (SSSR count). The fraction of sp³-hybridized carbons (Fsp3) is 0.267. The van der Waals surface area contributed by atoms with Gasteiger partial charge in [-0.05, 0) is 30.2 Å². The van der Waals surface area contributed by atoms with E-state index >= 15 is 0 Å². The molecular weight excluding hydrogens is 256 g/mol. The Morgan fingerprint density at radius 1 is 1.40 bits per heavy atom. The first kappa shape index (κ1) is 15.4. The Kier molecular flexibility index (Phi) is 5.98. The number of amides is 1. The summed E-state index contributed by atoms with van der Waals surface area (Å²) in [6.07, 6.45) is 3.93. The molecule has 1 aromatic carbocycles. The van der Waals surface area contributed by atoms with Gasteiger partial charge in [-0.15, -0.1) is 0 Å². The Labute approximate surface area is 117 Å². The van der Waals surface area contributed by atoms with Crippen molar-refractivity contribution in [3.05, 3.63) is 41.5 Å². The smallest absolute Gasteiger partial charge is 0.326 e. The van der Waals surface area contributed by atoms with Gasteiger partial charge in [-0.1, -0.05) is 25.5 Å². The molecule has 0 aliphatic carbocycles. The number of hydrogen-bond donors (Lipinski definition) is 2. The lowest BCUT2D eigenvalue weighted by atomic mass is 10.1. The number of rotatable bonds is 6. The van der Waals surface area contributed by atoms with Crippen molar-refractivity contribution in [2.45, 2.75) is 25.8 Å². The normalized spacial score (nSPS) is 11.8. The molecule has 2 N–H and O–H groups in total. The summed E-state index contributed by atoms with van der Waals surface area (Å²) in [5.74, 6) is -1.48. The van der Waals surface area contributed by atoms with Gasteiger partial charge in [-0.2, -0.15) is 5.26 Å². The SMILES string of the molecule is CCC[C@@H](NC(=O)/C=C/c1ccc(C#N)cc1)C(=O)O. The summed E-state index contributed by atoms with van der Waals surface area (Å²) in [5.41, 5.74) is 1.31. The average molecular weight is 272 g/mol. The molecule has 0 radical (unpaired) electrons. The number of nitrogens with one attached hydrogen (secondary N) is 1. The summed E-state index contributed by atoms with van der Waals surface area (Å²) < 4.78 is 0. The van der Waals surface area contributed by atoms with Gasteiger partial charge >= 0.3 is 5.97 Å². The van der Waals surface area contributed by atoms with E-state index in [1.54, 1.807) is 30.3 Å². The molecule has 1 atom stereocenters. The van der Waals surface area contributed by atoms with Crippen LogP contribution in [0.5, 0.6) is 0 Å². The van der Waals surface area contributed by atoms with Gasteiger partial charge in [0.1, 0.15) is 6.04 Å². The van der Waals surface area contributed by atoms with Crippen molar-refractivity contribution in [1.82, 2.24) is 5.32 Å². The first-order chi connectivity index (χ1) is 9.56. The quantitative estimate of drug-likeness (QED) is 0.774. The minimum absolute atomic E-state index is 0.395. The third-order valence-corrected chi connectivity index (χ3v) is 2.66. The fourth-order valence-electron chi connectivity index (χ4n) is 1.61. The highest BCUT2D eigenvalue weighted by Crippen LogP contribution is 2.05. The third-order valence-electron chi connectivity index (χ3n) is 2.66. The van der Waals surface area contributed by atoms with Crippen molar-refractivity contribution in [1.29, 1.82) is 5.26 Å². The van der Waals surface area contributed by atoms with Gasteiger partial charge in [0.15, 0.2) is 0 Å². The first-order valence-corrected chi connectivity index (χ1v) is 6.28. The van der Waals surface area contributed by atoms with E-state index in [1.807, 2.05) is 13.0 Å². The van der Waals surface area contributed by atoms with Gasteiger partial charge < -0.3 is 10.4 Å². The van der Waals surface area contributed by atoms with Gasteiger partial charge in [0.25, 0.3) is 0 Å². The maximum absolute atomic E-state index is 11.6. The van der Waals surface area contributed by atoms with Gasteiger partial charge in [0.05, 0.1) is 11.6 Å². The molecule has 0 fully saturated rings. The third kappa shape index (κ3) is 4.94. The van der Waals surface area contributed by atoms with E-state index in [-0.39, 0.29) is 0 Å². The molecule has 104 valence electrons. The molecule has 0 saturated heterocycles. The van der Waals surface area contributed by atoms with Gasteiger partial charge in [0, 0.05) is 6.08 Å². The Morgan fingerprint density at radius 3 is 2.55 bits per heavy atom. The van der Waals surface area contributed by atoms with Gasteiger partial charge in [-0.3, -0.25) is 4.79 Å². The van der Waals surface area contributed by atoms with Crippen LogP contribution in [0.4, 0.5) is 0 Å². The van der Waals surface area contributed by atoms with Crippen molar-refractivity contribution in [2.24, 2.45) is 0 Å². The number of nitrogens with zero attached hydrogens (tertiary/aromatic N) is 1. The molecule has 0 aliphatic heterocycles. The molecule has 0 bridgehead atoms. The molecule has 0 spiro atoms. The summed E-state index contributed by atoms with van der Waals surface area (Å²) in [4.78, 5) is 22.5. The highest BCUT2D eigenvalue weighted by molar-refractivity contribution is 5.94. The van der Waals surface area contributed by atoms with E-state index in [1.165, 1.54) is 6.08 Å². The number of aliphatic carboxylic acids is 1. The van der Waals surface area contributed by atoms with Crippen molar-refractivity contribution in [3.8, 4) is 6.07 Å². The largest absolute Gasteiger partial charge is 0.480 e. The predicted octanol–water partition coefficient (Wildman–Crippen LogP) is 1.94. The lowest BCUT2D eigenvalue weighted by molar-refractivity contribution is -0.141. The molecule has 0 saturated carbocycles. The van der Waals surface area contributed by atoms with E-state index in [4.69, 9.17) is 10.4 Å². The lowest BCUT2D eigenvalue weighted by Gasteiger charge is -2.11. The van der Waals surface area contributed by atoms with Crippen LogP contribution in [-0.4, -0.2) is 23.0 Å². The van der Waals surface area contributed by atoms with Crippen LogP contribution in [0, 0.1) is 11.3 Å². The summed E-state index contributed by atoms with van der Waals surface area (Å²) >= 11 is 0. The average Bonchev–Trinajstić information content (AvgIpc) is 2.45. The standard InChI is InChI=1S/C15H16N2O3/c1-2-3-13(15(19)20)17-14(18)9-8-11-4-6-12(10-16)7-5-11/h4-9,13H,2-3H2,1H3,(H,17,18)(H,19,20)/b9-8+/t13-/m1/s1. The molecule has 0 aliphatic rings. The summed E-state index contributed by atoms with van der Waals surface area (Å²) in [6.45, 7) is 1.86. The van der Waals surface area contributed by atoms with Crippen LogP contribution in [0.1, 0.15) is 30.9 Å². The summed E-state index contributed by atoms with van der Waals surface area (Å²) in [7, 11) is 0. The zero-order chi connectivity index (χ0) is 15.0. The van der Waals surface area contributed by atoms with Gasteiger partial charge in [0.2, 0.25) is 5.91 Å². The second kappa shape index (κ2) is 7.74. The molecule has 1 amide bonds. The molecule has 0 aromatic heterocycles. The second-order valence-corrected chi connectivity index (χ2v) is 4.26. The van der Waals surface area contributed by atoms with Crippen LogP contribution in [0.3, 0.4) is 0 Å². The van der Waals surface area contributed by atoms with E-state index in [9.17, 15) is 9.59 Å². The first-order valence-electron chi connectivity index (χ1n) is 6.28. The maximum Gasteiger partial charge on any atom is 0.326 e. The predicted molar refractivity (Wildman–Crippen MR) is 74.7 cm³/mol. The number of hydrogen-bond acceptors (Lipinski definition) is 3. The molecule has 5 heteroatoms. The van der Waals surface area contributed by atoms with Crippen LogP contribution in [0.25, 0.3) is 6.08 Å². The number of carboxylic acids is 1. The number of benzene rings is 1. The Bertz CT molecular complexity index is 541. The highest BCUT2D eigenvalue weighted by Gasteiger charge is 2.17. The van der Waals surface area contributed by atoms with Gasteiger partial charge in [-0.25, -0.2) is 4.79 Å². The maximum atomic E-state index is 11.6. The lowest BCUT2D eigenvalue weighted by Crippen LogP contribution is -2.39.